The third kappa shape index (κ3) is 4.19. The largest absolute Gasteiger partial charge is 0.335 e. The van der Waals surface area contributed by atoms with Crippen molar-refractivity contribution in [3.05, 3.63) is 35.4 Å². The quantitative estimate of drug-likeness (QED) is 0.715. The molecule has 0 fully saturated rings. The van der Waals surface area contributed by atoms with Gasteiger partial charge in [0.25, 0.3) is 0 Å². The predicted octanol–water partition coefficient (Wildman–Crippen LogP) is 3.95. The summed E-state index contributed by atoms with van der Waals surface area (Å²) in [6.45, 7) is 5.33. The Balaban J connectivity index is 2.07. The molecule has 20 heavy (non-hydrogen) atoms. The van der Waals surface area contributed by atoms with Crippen LogP contribution in [-0.2, 0) is 19.8 Å². The van der Waals surface area contributed by atoms with Crippen LogP contribution in [0, 0.1) is 0 Å². The number of rotatable bonds is 7. The van der Waals surface area contributed by atoms with Gasteiger partial charge in [0.15, 0.2) is 0 Å². The maximum atomic E-state index is 12.5. The molecule has 1 heterocycles. The van der Waals surface area contributed by atoms with E-state index in [0.29, 0.717) is 19.4 Å². The van der Waals surface area contributed by atoms with Crippen molar-refractivity contribution in [2.24, 2.45) is 4.99 Å². The summed E-state index contributed by atoms with van der Waals surface area (Å²) in [5.74, 6) is 1.06. The topological polar surface area (TPSA) is 47.9 Å². The van der Waals surface area contributed by atoms with Crippen LogP contribution in [0.1, 0.15) is 25.0 Å². The van der Waals surface area contributed by atoms with Gasteiger partial charge in [0, 0.05) is 17.9 Å². The average molecular weight is 313 g/mol. The van der Waals surface area contributed by atoms with Crippen LogP contribution in [0.25, 0.3) is 0 Å². The second-order valence-electron chi connectivity index (χ2n) is 4.34. The summed E-state index contributed by atoms with van der Waals surface area (Å²) in [4.78, 5) is 4.44. The van der Waals surface area contributed by atoms with Crippen molar-refractivity contribution in [3.63, 3.8) is 0 Å². The smallest absolute Gasteiger partial charge is 0.309 e. The van der Waals surface area contributed by atoms with E-state index in [2.05, 4.69) is 4.99 Å². The van der Waals surface area contributed by atoms with E-state index in [1.165, 1.54) is 0 Å². The zero-order valence-electron chi connectivity index (χ0n) is 11.9. The standard InChI is InChI=1S/C14H20NO3PS/c1-3-17-19(16,18-4-2)11-12-5-7-13(8-6-12)14-15-9-10-20-14/h5-8H,3-4,9-11H2,1-2H3. The highest BCUT2D eigenvalue weighted by molar-refractivity contribution is 8.14. The van der Waals surface area contributed by atoms with Crippen molar-refractivity contribution >= 4 is 24.4 Å². The number of hydrogen-bond acceptors (Lipinski definition) is 5. The zero-order chi connectivity index (χ0) is 14.4. The van der Waals surface area contributed by atoms with Crippen LogP contribution >= 0.6 is 19.4 Å². The van der Waals surface area contributed by atoms with E-state index in [1.807, 2.05) is 38.1 Å². The van der Waals surface area contributed by atoms with Gasteiger partial charge in [0.1, 0.15) is 0 Å². The molecule has 0 saturated carbocycles. The molecule has 0 N–H and O–H groups in total. The molecule has 4 nitrogen and oxygen atoms in total. The minimum absolute atomic E-state index is 0.314. The number of hydrogen-bond donors (Lipinski definition) is 0. The Morgan fingerprint density at radius 3 is 2.35 bits per heavy atom. The summed E-state index contributed by atoms with van der Waals surface area (Å²) in [5.41, 5.74) is 2.08. The van der Waals surface area contributed by atoms with Gasteiger partial charge >= 0.3 is 7.60 Å². The number of benzene rings is 1. The van der Waals surface area contributed by atoms with Gasteiger partial charge in [-0.05, 0) is 19.4 Å². The van der Waals surface area contributed by atoms with E-state index < -0.39 is 7.60 Å². The molecule has 0 radical (unpaired) electrons. The third-order valence-electron chi connectivity index (χ3n) is 2.81. The van der Waals surface area contributed by atoms with Crippen LogP contribution in [0.4, 0.5) is 0 Å². The van der Waals surface area contributed by atoms with Gasteiger partial charge in [0.2, 0.25) is 0 Å². The summed E-state index contributed by atoms with van der Waals surface area (Å²) in [6.07, 6.45) is 0.314. The third-order valence-corrected chi connectivity index (χ3v) is 5.89. The SMILES string of the molecule is CCOP(=O)(Cc1ccc(C2=NCCS2)cc1)OCC. The molecule has 0 unspecified atom stereocenters. The number of aliphatic imine (C=N–C) groups is 1. The lowest BCUT2D eigenvalue weighted by Gasteiger charge is -2.17. The molecule has 0 aliphatic carbocycles. The van der Waals surface area contributed by atoms with Gasteiger partial charge in [-0.1, -0.05) is 24.3 Å². The molecule has 1 aromatic carbocycles. The van der Waals surface area contributed by atoms with Crippen LogP contribution in [0.5, 0.6) is 0 Å². The van der Waals surface area contributed by atoms with Crippen molar-refractivity contribution in [2.45, 2.75) is 20.0 Å². The van der Waals surface area contributed by atoms with E-state index in [1.54, 1.807) is 11.8 Å². The maximum absolute atomic E-state index is 12.5. The van der Waals surface area contributed by atoms with Crippen LogP contribution in [-0.4, -0.2) is 30.6 Å². The summed E-state index contributed by atoms with van der Waals surface area (Å²) in [7, 11) is -3.02. The van der Waals surface area contributed by atoms with E-state index in [9.17, 15) is 4.57 Å². The van der Waals surface area contributed by atoms with Crippen LogP contribution in [0.2, 0.25) is 0 Å². The molecule has 6 heteroatoms. The second-order valence-corrected chi connectivity index (χ2v) is 7.47. The first kappa shape index (κ1) is 15.8. The van der Waals surface area contributed by atoms with Crippen molar-refractivity contribution in [2.75, 3.05) is 25.5 Å². The molecule has 1 aromatic rings. The fourth-order valence-electron chi connectivity index (χ4n) is 2.01. The van der Waals surface area contributed by atoms with Crippen LogP contribution < -0.4 is 0 Å². The van der Waals surface area contributed by atoms with Crippen molar-refractivity contribution < 1.29 is 13.6 Å². The Morgan fingerprint density at radius 2 is 1.85 bits per heavy atom. The van der Waals surface area contributed by atoms with E-state index in [0.717, 1.165) is 28.5 Å². The Labute approximate surface area is 124 Å². The molecule has 0 saturated heterocycles. The average Bonchev–Trinajstić information content (AvgIpc) is 2.94. The highest BCUT2D eigenvalue weighted by atomic mass is 32.2. The predicted molar refractivity (Wildman–Crippen MR) is 84.9 cm³/mol. The molecule has 0 spiro atoms. The van der Waals surface area contributed by atoms with Crippen LogP contribution in [0.3, 0.4) is 0 Å². The van der Waals surface area contributed by atoms with Crippen molar-refractivity contribution in [3.8, 4) is 0 Å². The van der Waals surface area contributed by atoms with Crippen molar-refractivity contribution in [1.82, 2.24) is 0 Å². The lowest BCUT2D eigenvalue weighted by molar-refractivity contribution is 0.219. The molecule has 110 valence electrons. The first-order valence-electron chi connectivity index (χ1n) is 6.81. The summed E-state index contributed by atoms with van der Waals surface area (Å²) >= 11 is 1.78. The van der Waals surface area contributed by atoms with E-state index >= 15 is 0 Å². The highest BCUT2D eigenvalue weighted by Gasteiger charge is 2.24. The van der Waals surface area contributed by atoms with Gasteiger partial charge in [-0.3, -0.25) is 9.56 Å². The Hall–Kier alpha value is -0.610. The maximum Gasteiger partial charge on any atom is 0.335 e. The molecular formula is C14H20NO3PS. The molecule has 0 aromatic heterocycles. The van der Waals surface area contributed by atoms with E-state index in [4.69, 9.17) is 9.05 Å². The summed E-state index contributed by atoms with van der Waals surface area (Å²) < 4.78 is 23.1. The van der Waals surface area contributed by atoms with Gasteiger partial charge < -0.3 is 9.05 Å². The minimum Gasteiger partial charge on any atom is -0.309 e. The first-order valence-corrected chi connectivity index (χ1v) is 9.53. The Bertz CT molecular complexity index is 506. The van der Waals surface area contributed by atoms with E-state index in [-0.39, 0.29) is 0 Å². The number of nitrogens with zero attached hydrogens (tertiary/aromatic N) is 1. The molecule has 1 aliphatic heterocycles. The molecule has 0 bridgehead atoms. The highest BCUT2D eigenvalue weighted by Crippen LogP contribution is 2.51. The molecule has 2 rings (SSSR count). The molecular weight excluding hydrogens is 293 g/mol. The normalized spacial score (nSPS) is 15.4. The fraction of sp³-hybridized carbons (Fsp3) is 0.500. The summed E-state index contributed by atoms with van der Waals surface area (Å²) in [6, 6.07) is 7.99. The first-order chi connectivity index (χ1) is 9.67. The zero-order valence-corrected chi connectivity index (χ0v) is 13.6. The van der Waals surface area contributed by atoms with Gasteiger partial charge in [-0.2, -0.15) is 0 Å². The fourth-order valence-corrected chi connectivity index (χ4v) is 4.57. The number of thioether (sulfide) groups is 1. The molecule has 1 aliphatic rings. The van der Waals surface area contributed by atoms with Gasteiger partial charge in [-0.25, -0.2) is 0 Å². The molecule has 0 amide bonds. The van der Waals surface area contributed by atoms with Gasteiger partial charge in [-0.15, -0.1) is 11.8 Å². The molecule has 0 atom stereocenters. The minimum atomic E-state index is -3.02. The summed E-state index contributed by atoms with van der Waals surface area (Å²) in [5, 5.41) is 1.09. The lowest BCUT2D eigenvalue weighted by Crippen LogP contribution is -1.99. The van der Waals surface area contributed by atoms with Crippen molar-refractivity contribution in [1.29, 1.82) is 0 Å². The Morgan fingerprint density at radius 1 is 1.20 bits per heavy atom. The second kappa shape index (κ2) is 7.41. The van der Waals surface area contributed by atoms with Crippen LogP contribution in [0.15, 0.2) is 29.3 Å². The van der Waals surface area contributed by atoms with Gasteiger partial charge in [0.05, 0.1) is 24.4 Å². The Kier molecular flexibility index (Phi) is 5.85. The monoisotopic (exact) mass is 313 g/mol. The lowest BCUT2D eigenvalue weighted by atomic mass is 10.2.